The maximum atomic E-state index is 12.2. The predicted molar refractivity (Wildman–Crippen MR) is 103 cm³/mol. The highest BCUT2D eigenvalue weighted by molar-refractivity contribution is 7.15. The number of aromatic nitrogens is 3. The lowest BCUT2D eigenvalue weighted by Crippen LogP contribution is -2.21. The van der Waals surface area contributed by atoms with Gasteiger partial charge in [0.15, 0.2) is 5.13 Å². The van der Waals surface area contributed by atoms with E-state index in [0.717, 1.165) is 22.9 Å². The number of amides is 1. The molecule has 3 aromatic rings. The number of carbonyl (C=O) groups is 1. The number of nitrogens with zero attached hydrogens (tertiary/aromatic N) is 4. The Morgan fingerprint density at radius 3 is 3.00 bits per heavy atom. The zero-order valence-corrected chi connectivity index (χ0v) is 15.7. The SMILES string of the molecule is CN(C)c1nc2c(s1)[C@H](c1cccc(Cn3cccn3)c1)CC(=O)NC2. The zero-order chi connectivity index (χ0) is 18.1. The molecule has 1 N–H and O–H groups in total. The zero-order valence-electron chi connectivity index (χ0n) is 14.8. The summed E-state index contributed by atoms with van der Waals surface area (Å²) in [6.07, 6.45) is 4.19. The van der Waals surface area contributed by atoms with Crippen molar-refractivity contribution >= 4 is 22.4 Å². The second kappa shape index (κ2) is 6.92. The highest BCUT2D eigenvalue weighted by Gasteiger charge is 2.28. The number of thiazole rings is 1. The van der Waals surface area contributed by atoms with Gasteiger partial charge in [0.1, 0.15) is 0 Å². The first-order valence-corrected chi connectivity index (χ1v) is 9.41. The normalized spacial score (nSPS) is 16.7. The van der Waals surface area contributed by atoms with Crippen molar-refractivity contribution < 1.29 is 4.79 Å². The molecule has 0 saturated heterocycles. The highest BCUT2D eigenvalue weighted by Crippen LogP contribution is 2.39. The Labute approximate surface area is 156 Å². The van der Waals surface area contributed by atoms with Gasteiger partial charge in [-0.05, 0) is 17.2 Å². The number of carbonyl (C=O) groups excluding carboxylic acids is 1. The quantitative estimate of drug-likeness (QED) is 0.770. The Morgan fingerprint density at radius 1 is 1.35 bits per heavy atom. The minimum atomic E-state index is 0.0382. The van der Waals surface area contributed by atoms with E-state index in [4.69, 9.17) is 4.98 Å². The van der Waals surface area contributed by atoms with Crippen LogP contribution in [0.5, 0.6) is 0 Å². The van der Waals surface area contributed by atoms with Gasteiger partial charge in [-0.2, -0.15) is 5.10 Å². The minimum absolute atomic E-state index is 0.0382. The van der Waals surface area contributed by atoms with Crippen LogP contribution in [0.2, 0.25) is 0 Å². The van der Waals surface area contributed by atoms with Crippen LogP contribution in [0, 0.1) is 0 Å². The Bertz CT molecular complexity index is 916. The molecule has 0 spiro atoms. The topological polar surface area (TPSA) is 63.1 Å². The maximum Gasteiger partial charge on any atom is 0.221 e. The second-order valence-electron chi connectivity index (χ2n) is 6.68. The van der Waals surface area contributed by atoms with Crippen LogP contribution in [0.25, 0.3) is 0 Å². The van der Waals surface area contributed by atoms with Gasteiger partial charge in [-0.25, -0.2) is 4.98 Å². The van der Waals surface area contributed by atoms with Crippen LogP contribution in [0.15, 0.2) is 42.7 Å². The molecule has 0 fully saturated rings. The average Bonchev–Trinajstić information content (AvgIpc) is 3.25. The molecular formula is C19H21N5OS. The van der Waals surface area contributed by atoms with Gasteiger partial charge >= 0.3 is 0 Å². The molecule has 1 amide bonds. The van der Waals surface area contributed by atoms with Crippen LogP contribution < -0.4 is 10.2 Å². The molecule has 0 radical (unpaired) electrons. The molecule has 1 aliphatic rings. The third-order valence-electron chi connectivity index (χ3n) is 4.52. The number of hydrogen-bond donors (Lipinski definition) is 1. The molecule has 134 valence electrons. The maximum absolute atomic E-state index is 12.2. The van der Waals surface area contributed by atoms with Gasteiger partial charge < -0.3 is 10.2 Å². The van der Waals surface area contributed by atoms with Gasteiger partial charge in [0.25, 0.3) is 0 Å². The van der Waals surface area contributed by atoms with Gasteiger partial charge in [0, 0.05) is 43.7 Å². The fraction of sp³-hybridized carbons (Fsp3) is 0.316. The largest absolute Gasteiger partial charge is 0.354 e. The van der Waals surface area contributed by atoms with E-state index in [9.17, 15) is 4.79 Å². The minimum Gasteiger partial charge on any atom is -0.354 e. The summed E-state index contributed by atoms with van der Waals surface area (Å²) in [5, 5.41) is 8.23. The van der Waals surface area contributed by atoms with Crippen LogP contribution in [0.4, 0.5) is 5.13 Å². The van der Waals surface area contributed by atoms with Crippen LogP contribution in [-0.2, 0) is 17.9 Å². The van der Waals surface area contributed by atoms with Gasteiger partial charge in [0.2, 0.25) is 5.91 Å². The first kappa shape index (κ1) is 16.8. The van der Waals surface area contributed by atoms with Gasteiger partial charge in [-0.3, -0.25) is 9.48 Å². The standard InChI is InChI=1S/C19H21N5OS/c1-23(2)19-22-16-11-20-17(25)10-15(18(16)26-19)14-6-3-5-13(9-14)12-24-8-4-7-21-24/h3-9,15H,10-12H2,1-2H3,(H,20,25)/t15-/m0/s1. The van der Waals surface area contributed by atoms with Crippen molar-refractivity contribution in [2.75, 3.05) is 19.0 Å². The van der Waals surface area contributed by atoms with Crippen molar-refractivity contribution in [3.8, 4) is 0 Å². The number of benzene rings is 1. The van der Waals surface area contributed by atoms with Gasteiger partial charge in [-0.1, -0.05) is 24.3 Å². The molecule has 7 heteroatoms. The first-order chi connectivity index (χ1) is 12.6. The van der Waals surface area contributed by atoms with E-state index in [1.807, 2.05) is 35.9 Å². The van der Waals surface area contributed by atoms with Crippen LogP contribution >= 0.6 is 11.3 Å². The molecule has 2 aromatic heterocycles. The number of rotatable bonds is 4. The van der Waals surface area contributed by atoms with Crippen molar-refractivity contribution in [1.29, 1.82) is 0 Å². The van der Waals surface area contributed by atoms with Crippen LogP contribution in [-0.4, -0.2) is 34.8 Å². The molecule has 1 aliphatic heterocycles. The Morgan fingerprint density at radius 2 is 2.23 bits per heavy atom. The molecule has 4 rings (SSSR count). The number of anilines is 1. The summed E-state index contributed by atoms with van der Waals surface area (Å²) in [5.74, 6) is 0.111. The molecule has 3 heterocycles. The van der Waals surface area contributed by atoms with E-state index < -0.39 is 0 Å². The monoisotopic (exact) mass is 367 g/mol. The van der Waals surface area contributed by atoms with E-state index in [2.05, 4.69) is 34.7 Å². The number of hydrogen-bond acceptors (Lipinski definition) is 5. The molecule has 0 unspecified atom stereocenters. The van der Waals surface area contributed by atoms with Gasteiger partial charge in [-0.15, -0.1) is 11.3 Å². The Kier molecular flexibility index (Phi) is 4.46. The van der Waals surface area contributed by atoms with Crippen molar-refractivity contribution in [2.45, 2.75) is 25.4 Å². The van der Waals surface area contributed by atoms with Crippen molar-refractivity contribution in [3.63, 3.8) is 0 Å². The molecule has 0 aliphatic carbocycles. The molecule has 0 bridgehead atoms. The molecular weight excluding hydrogens is 346 g/mol. The summed E-state index contributed by atoms with van der Waals surface area (Å²) >= 11 is 1.68. The third-order valence-corrected chi connectivity index (χ3v) is 5.89. The van der Waals surface area contributed by atoms with Crippen LogP contribution in [0.3, 0.4) is 0 Å². The molecule has 1 aromatic carbocycles. The summed E-state index contributed by atoms with van der Waals surface area (Å²) < 4.78 is 1.90. The summed E-state index contributed by atoms with van der Waals surface area (Å²) in [6.45, 7) is 1.22. The van der Waals surface area contributed by atoms with Crippen molar-refractivity contribution in [3.05, 3.63) is 64.4 Å². The van der Waals surface area contributed by atoms with E-state index >= 15 is 0 Å². The first-order valence-electron chi connectivity index (χ1n) is 8.60. The average molecular weight is 367 g/mol. The summed E-state index contributed by atoms with van der Waals surface area (Å²) in [5.41, 5.74) is 3.31. The fourth-order valence-corrected chi connectivity index (χ4v) is 4.36. The summed E-state index contributed by atoms with van der Waals surface area (Å²) in [7, 11) is 3.99. The lowest BCUT2D eigenvalue weighted by Gasteiger charge is -2.15. The third kappa shape index (κ3) is 3.35. The smallest absolute Gasteiger partial charge is 0.221 e. The Balaban J connectivity index is 1.70. The summed E-state index contributed by atoms with van der Waals surface area (Å²) in [6, 6.07) is 10.4. The number of nitrogens with one attached hydrogen (secondary N) is 1. The Hall–Kier alpha value is -2.67. The fourth-order valence-electron chi connectivity index (χ4n) is 3.23. The van der Waals surface area contributed by atoms with Crippen molar-refractivity contribution in [1.82, 2.24) is 20.1 Å². The molecule has 6 nitrogen and oxygen atoms in total. The lowest BCUT2D eigenvalue weighted by atomic mass is 9.92. The van der Waals surface area contributed by atoms with E-state index in [0.29, 0.717) is 13.0 Å². The molecule has 0 saturated carbocycles. The predicted octanol–water partition coefficient (Wildman–Crippen LogP) is 2.61. The van der Waals surface area contributed by atoms with Crippen LogP contribution in [0.1, 0.15) is 34.0 Å². The summed E-state index contributed by atoms with van der Waals surface area (Å²) in [4.78, 5) is 20.2. The molecule has 1 atom stereocenters. The van der Waals surface area contributed by atoms with Gasteiger partial charge in [0.05, 0.1) is 18.8 Å². The highest BCUT2D eigenvalue weighted by atomic mass is 32.1. The second-order valence-corrected chi connectivity index (χ2v) is 7.69. The van der Waals surface area contributed by atoms with E-state index in [-0.39, 0.29) is 11.8 Å². The van der Waals surface area contributed by atoms with Crippen molar-refractivity contribution in [2.24, 2.45) is 0 Å². The molecule has 26 heavy (non-hydrogen) atoms. The van der Waals surface area contributed by atoms with E-state index in [1.54, 1.807) is 17.5 Å². The number of fused-ring (bicyclic) bond motifs is 1. The lowest BCUT2D eigenvalue weighted by molar-refractivity contribution is -0.121. The van der Waals surface area contributed by atoms with E-state index in [1.165, 1.54) is 10.4 Å².